The highest BCUT2D eigenvalue weighted by atomic mass is 35.5. The second kappa shape index (κ2) is 4.04. The van der Waals surface area contributed by atoms with E-state index in [4.69, 9.17) is 11.6 Å². The Morgan fingerprint density at radius 3 is 2.88 bits per heavy atom. The van der Waals surface area contributed by atoms with Gasteiger partial charge in [0.05, 0.1) is 0 Å². The van der Waals surface area contributed by atoms with E-state index >= 15 is 0 Å². The maximum Gasteiger partial charge on any atom is 0.207 e. The number of halogens is 1. The lowest BCUT2D eigenvalue weighted by Crippen LogP contribution is -2.14. The molecule has 0 saturated heterocycles. The van der Waals surface area contributed by atoms with E-state index in [1.165, 1.54) is 16.3 Å². The lowest BCUT2D eigenvalue weighted by Gasteiger charge is -2.08. The van der Waals surface area contributed by atoms with Crippen LogP contribution < -0.4 is 5.32 Å². The first-order chi connectivity index (χ1) is 8.31. The number of hydrogen-bond acceptors (Lipinski definition) is 1. The zero-order valence-corrected chi connectivity index (χ0v) is 9.95. The van der Waals surface area contributed by atoms with Gasteiger partial charge < -0.3 is 5.32 Å². The molecule has 86 valence electrons. The predicted octanol–water partition coefficient (Wildman–Crippen LogP) is 3.10. The summed E-state index contributed by atoms with van der Waals surface area (Å²) in [6.45, 7) is 0. The van der Waals surface area contributed by atoms with Crippen LogP contribution in [-0.4, -0.2) is 12.5 Å². The number of amides is 1. The van der Waals surface area contributed by atoms with Crippen LogP contribution in [0, 0.1) is 0 Å². The zero-order chi connectivity index (χ0) is 11.8. The van der Waals surface area contributed by atoms with Crippen LogP contribution in [0.2, 0.25) is 5.02 Å². The first kappa shape index (κ1) is 10.6. The Hall–Kier alpha value is -1.54. The molecule has 0 aliphatic heterocycles. The summed E-state index contributed by atoms with van der Waals surface area (Å²) in [5, 5.41) is 6.01. The van der Waals surface area contributed by atoms with Gasteiger partial charge in [-0.1, -0.05) is 41.9 Å². The molecule has 0 spiro atoms. The fraction of sp³-hybridized carbons (Fsp3) is 0.214. The van der Waals surface area contributed by atoms with E-state index in [0.717, 1.165) is 17.9 Å². The summed E-state index contributed by atoms with van der Waals surface area (Å²) in [5.74, 6) is 0.360. The van der Waals surface area contributed by atoms with Crippen LogP contribution in [0.3, 0.4) is 0 Å². The molecule has 2 nitrogen and oxygen atoms in total. The summed E-state index contributed by atoms with van der Waals surface area (Å²) in [5.41, 5.74) is 1.17. The van der Waals surface area contributed by atoms with Crippen LogP contribution >= 0.6 is 11.6 Å². The van der Waals surface area contributed by atoms with Crippen molar-refractivity contribution in [2.45, 2.75) is 18.4 Å². The highest BCUT2D eigenvalue weighted by molar-refractivity contribution is 6.32. The van der Waals surface area contributed by atoms with Crippen molar-refractivity contribution in [2.75, 3.05) is 0 Å². The molecule has 1 amide bonds. The Labute approximate surface area is 105 Å². The van der Waals surface area contributed by atoms with E-state index in [1.54, 1.807) is 0 Å². The topological polar surface area (TPSA) is 29.1 Å². The van der Waals surface area contributed by atoms with Crippen molar-refractivity contribution < 1.29 is 4.79 Å². The summed E-state index contributed by atoms with van der Waals surface area (Å²) in [4.78, 5) is 10.4. The Morgan fingerprint density at radius 2 is 2.06 bits per heavy atom. The molecule has 0 aromatic heterocycles. The van der Waals surface area contributed by atoms with Crippen molar-refractivity contribution in [2.24, 2.45) is 0 Å². The number of rotatable bonds is 3. The Kier molecular flexibility index (Phi) is 2.52. The van der Waals surface area contributed by atoms with E-state index < -0.39 is 0 Å². The molecule has 1 aliphatic carbocycles. The molecule has 1 saturated carbocycles. The van der Waals surface area contributed by atoms with Crippen LogP contribution in [0.1, 0.15) is 17.9 Å². The van der Waals surface area contributed by atoms with E-state index in [9.17, 15) is 4.79 Å². The van der Waals surface area contributed by atoms with Gasteiger partial charge in [-0.25, -0.2) is 0 Å². The summed E-state index contributed by atoms with van der Waals surface area (Å²) < 4.78 is 0. The quantitative estimate of drug-likeness (QED) is 0.828. The van der Waals surface area contributed by atoms with Crippen LogP contribution in [0.15, 0.2) is 36.4 Å². The van der Waals surface area contributed by atoms with Gasteiger partial charge in [-0.2, -0.15) is 0 Å². The van der Waals surface area contributed by atoms with Gasteiger partial charge in [-0.3, -0.25) is 4.79 Å². The second-order valence-electron chi connectivity index (χ2n) is 4.42. The van der Waals surface area contributed by atoms with Gasteiger partial charge in [-0.15, -0.1) is 0 Å². The van der Waals surface area contributed by atoms with Crippen molar-refractivity contribution in [1.29, 1.82) is 0 Å². The van der Waals surface area contributed by atoms with Crippen molar-refractivity contribution in [3.05, 3.63) is 47.0 Å². The van der Waals surface area contributed by atoms with Gasteiger partial charge in [0.15, 0.2) is 0 Å². The van der Waals surface area contributed by atoms with Crippen molar-refractivity contribution in [3.63, 3.8) is 0 Å². The fourth-order valence-electron chi connectivity index (χ4n) is 2.43. The van der Waals surface area contributed by atoms with Gasteiger partial charge in [0.25, 0.3) is 0 Å². The van der Waals surface area contributed by atoms with Crippen molar-refractivity contribution in [3.8, 4) is 0 Å². The lowest BCUT2D eigenvalue weighted by atomic mass is 10.0. The van der Waals surface area contributed by atoms with Crippen LogP contribution in [0.25, 0.3) is 10.8 Å². The molecule has 2 aromatic carbocycles. The normalized spacial score (nSPS) is 22.4. The van der Waals surface area contributed by atoms with Gasteiger partial charge in [0.2, 0.25) is 6.41 Å². The first-order valence-corrected chi connectivity index (χ1v) is 6.06. The van der Waals surface area contributed by atoms with Crippen molar-refractivity contribution >= 4 is 28.8 Å². The number of carbonyl (C=O) groups excluding carboxylic acids is 1. The molecule has 0 radical (unpaired) electrons. The van der Waals surface area contributed by atoms with Crippen molar-refractivity contribution in [1.82, 2.24) is 5.32 Å². The van der Waals surface area contributed by atoms with E-state index in [1.807, 2.05) is 24.3 Å². The number of hydrogen-bond donors (Lipinski definition) is 1. The molecule has 0 bridgehead atoms. The molecular weight excluding hydrogens is 234 g/mol. The second-order valence-corrected chi connectivity index (χ2v) is 4.82. The average Bonchev–Trinajstić information content (AvgIpc) is 3.08. The summed E-state index contributed by atoms with van der Waals surface area (Å²) in [6.07, 6.45) is 1.75. The first-order valence-electron chi connectivity index (χ1n) is 5.68. The predicted molar refractivity (Wildman–Crippen MR) is 69.3 cm³/mol. The minimum Gasteiger partial charge on any atom is -0.355 e. The Bertz CT molecular complexity index is 581. The number of fused-ring (bicyclic) bond motifs is 1. The molecule has 1 aliphatic rings. The third kappa shape index (κ3) is 1.79. The molecule has 1 N–H and O–H groups in total. The maximum atomic E-state index is 10.4. The molecule has 1 fully saturated rings. The highest BCUT2D eigenvalue weighted by Gasteiger charge is 2.40. The number of benzene rings is 2. The SMILES string of the molecule is O=CNC1CC1c1c(Cl)ccc2ccccc12. The molecular formula is C14H12ClNO. The molecule has 0 heterocycles. The maximum absolute atomic E-state index is 10.4. The molecule has 2 atom stereocenters. The molecule has 2 aromatic rings. The summed E-state index contributed by atoms with van der Waals surface area (Å²) in [6, 6.07) is 12.4. The molecule has 3 rings (SSSR count). The fourth-order valence-corrected chi connectivity index (χ4v) is 2.74. The minimum atomic E-state index is 0.246. The standard InChI is InChI=1S/C14H12ClNO/c15-12-6-5-9-3-1-2-4-10(9)14(12)11-7-13(11)16-8-17/h1-6,8,11,13H,7H2,(H,16,17). The van der Waals surface area contributed by atoms with Gasteiger partial charge in [-0.05, 0) is 28.8 Å². The van der Waals surface area contributed by atoms with Gasteiger partial charge in [0, 0.05) is 17.0 Å². The van der Waals surface area contributed by atoms with E-state index in [-0.39, 0.29) is 6.04 Å². The largest absolute Gasteiger partial charge is 0.355 e. The molecule has 17 heavy (non-hydrogen) atoms. The van der Waals surface area contributed by atoms with Gasteiger partial charge >= 0.3 is 0 Å². The zero-order valence-electron chi connectivity index (χ0n) is 9.19. The van der Waals surface area contributed by atoms with E-state index in [0.29, 0.717) is 5.92 Å². The van der Waals surface area contributed by atoms with E-state index in [2.05, 4.69) is 17.4 Å². The molecule has 3 heteroatoms. The average molecular weight is 246 g/mol. The van der Waals surface area contributed by atoms with Crippen LogP contribution in [0.4, 0.5) is 0 Å². The van der Waals surface area contributed by atoms with Crippen LogP contribution in [0.5, 0.6) is 0 Å². The third-order valence-electron chi connectivity index (χ3n) is 3.36. The molecule has 2 unspecified atom stereocenters. The van der Waals surface area contributed by atoms with Gasteiger partial charge in [0.1, 0.15) is 0 Å². The van der Waals surface area contributed by atoms with Crippen LogP contribution in [-0.2, 0) is 4.79 Å². The summed E-state index contributed by atoms with van der Waals surface area (Å²) >= 11 is 6.29. The Morgan fingerprint density at radius 1 is 1.24 bits per heavy atom. The minimum absolute atomic E-state index is 0.246. The number of nitrogens with one attached hydrogen (secondary N) is 1. The highest BCUT2D eigenvalue weighted by Crippen LogP contribution is 2.46. The smallest absolute Gasteiger partial charge is 0.207 e. The third-order valence-corrected chi connectivity index (χ3v) is 3.69. The monoisotopic (exact) mass is 245 g/mol. The number of carbonyl (C=O) groups is 1. The Balaban J connectivity index is 2.09. The summed E-state index contributed by atoms with van der Waals surface area (Å²) in [7, 11) is 0. The lowest BCUT2D eigenvalue weighted by molar-refractivity contribution is -0.109.